The molecule has 0 aromatic heterocycles. The topological polar surface area (TPSA) is 228 Å². The molecule has 472 valence electrons. The van der Waals surface area contributed by atoms with Crippen molar-refractivity contribution in [3.63, 3.8) is 0 Å². The Morgan fingerprint density at radius 2 is 0.825 bits per heavy atom. The van der Waals surface area contributed by atoms with Crippen molar-refractivity contribution in [1.29, 1.82) is 0 Å². The number of rotatable bonds is 55. The first-order chi connectivity index (χ1) is 39.1. The Kier molecular flexibility index (Phi) is 48.3. The Labute approximate surface area is 488 Å². The molecule has 0 aromatic rings. The maximum absolute atomic E-state index is 13.3. The maximum Gasteiger partial charge on any atom is 0.220 e. The van der Waals surface area contributed by atoms with Crippen LogP contribution in [-0.4, -0.2) is 140 Å². The van der Waals surface area contributed by atoms with Crippen LogP contribution in [0, 0.1) is 0 Å². The van der Waals surface area contributed by atoms with Crippen LogP contribution >= 0.6 is 0 Å². The second-order valence-electron chi connectivity index (χ2n) is 24.0. The molecule has 9 N–H and O–H groups in total. The first kappa shape index (κ1) is 74.6. The molecular weight excluding hydrogens is 1010 g/mol. The third kappa shape index (κ3) is 36.3. The van der Waals surface area contributed by atoms with Crippen LogP contribution in [0.4, 0.5) is 0 Å². The number of aliphatic hydroxyl groups is 8. The maximum atomic E-state index is 13.3. The van der Waals surface area contributed by atoms with Crippen LogP contribution in [0.15, 0.2) is 24.3 Å². The highest BCUT2D eigenvalue weighted by Crippen LogP contribution is 2.30. The quantitative estimate of drug-likeness (QED) is 0.0204. The second kappa shape index (κ2) is 51.9. The van der Waals surface area contributed by atoms with E-state index in [4.69, 9.17) is 18.9 Å². The molecule has 2 heterocycles. The lowest BCUT2D eigenvalue weighted by molar-refractivity contribution is -0.359. The molecule has 0 saturated carbocycles. The summed E-state index contributed by atoms with van der Waals surface area (Å²) >= 11 is 0. The Morgan fingerprint density at radius 3 is 1.25 bits per heavy atom. The van der Waals surface area contributed by atoms with E-state index in [0.29, 0.717) is 12.8 Å². The van der Waals surface area contributed by atoms with E-state index in [1.165, 1.54) is 212 Å². The first-order valence-electron chi connectivity index (χ1n) is 33.6. The number of allylic oxidation sites excluding steroid dienone is 4. The van der Waals surface area contributed by atoms with Gasteiger partial charge in [0, 0.05) is 6.42 Å². The van der Waals surface area contributed by atoms with Gasteiger partial charge in [0.15, 0.2) is 12.6 Å². The van der Waals surface area contributed by atoms with E-state index < -0.39 is 86.8 Å². The van der Waals surface area contributed by atoms with E-state index in [0.717, 1.165) is 57.8 Å². The van der Waals surface area contributed by atoms with Crippen molar-refractivity contribution < 1.29 is 64.6 Å². The van der Waals surface area contributed by atoms with Crippen LogP contribution in [-0.2, 0) is 23.7 Å². The highest BCUT2D eigenvalue weighted by molar-refractivity contribution is 5.76. The van der Waals surface area contributed by atoms with Gasteiger partial charge in [-0.3, -0.25) is 4.79 Å². The predicted octanol–water partition coefficient (Wildman–Crippen LogP) is 12.8. The zero-order valence-corrected chi connectivity index (χ0v) is 51.1. The lowest BCUT2D eigenvalue weighted by atomic mass is 9.97. The molecule has 80 heavy (non-hydrogen) atoms. The van der Waals surface area contributed by atoms with Crippen molar-refractivity contribution in [2.24, 2.45) is 0 Å². The Hall–Kier alpha value is -1.53. The third-order valence-corrected chi connectivity index (χ3v) is 16.7. The van der Waals surface area contributed by atoms with Crippen LogP contribution in [0.5, 0.6) is 0 Å². The van der Waals surface area contributed by atoms with Crippen molar-refractivity contribution >= 4 is 5.91 Å². The van der Waals surface area contributed by atoms with Gasteiger partial charge in [-0.15, -0.1) is 0 Å². The summed E-state index contributed by atoms with van der Waals surface area (Å²) in [5.41, 5.74) is 0. The summed E-state index contributed by atoms with van der Waals surface area (Å²) in [6.45, 7) is 2.88. The number of carbonyl (C=O) groups excluding carboxylic acids is 1. The molecule has 0 aromatic carbocycles. The van der Waals surface area contributed by atoms with Crippen LogP contribution in [0.2, 0.25) is 0 Å². The SMILES string of the molecule is CCCCCCC/C=C\C/C=C\CCCCCCCCCCCCCCCCCCCCCC(=O)NC(COC1OC(CO)C(OC2OC(CO)C(O)C(O)C2O)C(O)C1O)C(O)CCCCCCCCCCCCCCCCC. The van der Waals surface area contributed by atoms with Gasteiger partial charge in [-0.1, -0.05) is 269 Å². The van der Waals surface area contributed by atoms with Crippen molar-refractivity contribution in [3.8, 4) is 0 Å². The summed E-state index contributed by atoms with van der Waals surface area (Å²) in [6.07, 6.45) is 46.2. The molecule has 2 aliphatic rings. The van der Waals surface area contributed by atoms with Crippen molar-refractivity contribution in [2.75, 3.05) is 19.8 Å². The molecule has 14 nitrogen and oxygen atoms in total. The van der Waals surface area contributed by atoms with Gasteiger partial charge in [0.1, 0.15) is 48.8 Å². The highest BCUT2D eigenvalue weighted by atomic mass is 16.7. The molecule has 14 heteroatoms. The van der Waals surface area contributed by atoms with Gasteiger partial charge in [-0.2, -0.15) is 0 Å². The first-order valence-corrected chi connectivity index (χ1v) is 33.6. The van der Waals surface area contributed by atoms with Gasteiger partial charge in [0.2, 0.25) is 5.91 Å². The zero-order chi connectivity index (χ0) is 58.1. The molecule has 0 spiro atoms. The minimum absolute atomic E-state index is 0.201. The Balaban J connectivity index is 1.63. The second-order valence-corrected chi connectivity index (χ2v) is 24.0. The summed E-state index contributed by atoms with van der Waals surface area (Å²) in [4.78, 5) is 13.3. The summed E-state index contributed by atoms with van der Waals surface area (Å²) in [5, 5.41) is 87.4. The summed E-state index contributed by atoms with van der Waals surface area (Å²) in [5.74, 6) is -0.201. The molecule has 2 saturated heterocycles. The Bertz CT molecular complexity index is 1440. The van der Waals surface area contributed by atoms with Crippen molar-refractivity contribution in [3.05, 3.63) is 24.3 Å². The zero-order valence-electron chi connectivity index (χ0n) is 51.1. The standard InChI is InChI=1S/C66H125NO13/c1-3-5-7-9-11-13-15-17-19-20-21-22-23-24-25-26-27-28-29-30-31-32-33-34-36-38-40-42-44-46-48-50-58(71)67-54(55(70)49-47-45-43-41-39-37-35-18-16-14-12-10-8-6-4-2)53-77-65-63(76)61(74)64(57(52-69)79-65)80-66-62(75)60(73)59(72)56(51-68)78-66/h15,17,20-21,54-57,59-66,68-70,72-76H,3-14,16,18-19,22-53H2,1-2H3,(H,67,71)/b17-15-,21-20-. The fourth-order valence-corrected chi connectivity index (χ4v) is 11.3. The molecule has 0 aliphatic carbocycles. The highest BCUT2D eigenvalue weighted by Gasteiger charge is 2.51. The molecule has 12 atom stereocenters. The summed E-state index contributed by atoms with van der Waals surface area (Å²) in [6, 6.07) is -0.826. The lowest BCUT2D eigenvalue weighted by Crippen LogP contribution is -2.65. The molecule has 1 amide bonds. The number of hydrogen-bond donors (Lipinski definition) is 9. The lowest BCUT2D eigenvalue weighted by Gasteiger charge is -2.46. The van der Waals surface area contributed by atoms with Crippen LogP contribution in [0.25, 0.3) is 0 Å². The number of hydrogen-bond acceptors (Lipinski definition) is 13. The fourth-order valence-electron chi connectivity index (χ4n) is 11.3. The van der Waals surface area contributed by atoms with Crippen LogP contribution < -0.4 is 5.32 Å². The molecule has 0 bridgehead atoms. The van der Waals surface area contributed by atoms with E-state index in [1.54, 1.807) is 0 Å². The summed E-state index contributed by atoms with van der Waals surface area (Å²) in [7, 11) is 0. The van der Waals surface area contributed by atoms with E-state index in [9.17, 15) is 45.6 Å². The van der Waals surface area contributed by atoms with Gasteiger partial charge in [-0.05, 0) is 44.9 Å². The molecule has 2 rings (SSSR count). The average molecular weight is 1140 g/mol. The minimum atomic E-state index is -1.78. The van der Waals surface area contributed by atoms with Gasteiger partial charge in [-0.25, -0.2) is 0 Å². The van der Waals surface area contributed by atoms with Crippen LogP contribution in [0.1, 0.15) is 296 Å². The van der Waals surface area contributed by atoms with Gasteiger partial charge in [0.05, 0.1) is 32.0 Å². The molecule has 2 fully saturated rings. The van der Waals surface area contributed by atoms with Crippen molar-refractivity contribution in [1.82, 2.24) is 5.32 Å². The number of unbranched alkanes of at least 4 members (excludes halogenated alkanes) is 38. The molecular formula is C66H125NO13. The van der Waals surface area contributed by atoms with Gasteiger partial charge >= 0.3 is 0 Å². The predicted molar refractivity (Wildman–Crippen MR) is 323 cm³/mol. The van der Waals surface area contributed by atoms with Crippen LogP contribution in [0.3, 0.4) is 0 Å². The monoisotopic (exact) mass is 1140 g/mol. The third-order valence-electron chi connectivity index (χ3n) is 16.7. The van der Waals surface area contributed by atoms with Crippen molar-refractivity contribution in [2.45, 2.75) is 370 Å². The number of nitrogens with one attached hydrogen (secondary N) is 1. The molecule has 12 unspecified atom stereocenters. The van der Waals surface area contributed by atoms with Gasteiger partial charge in [0.25, 0.3) is 0 Å². The van der Waals surface area contributed by atoms with E-state index >= 15 is 0 Å². The number of aliphatic hydroxyl groups excluding tert-OH is 8. The fraction of sp³-hybridized carbons (Fsp3) is 0.924. The Morgan fingerprint density at radius 1 is 0.450 bits per heavy atom. The summed E-state index contributed by atoms with van der Waals surface area (Å²) < 4.78 is 22.9. The normalized spacial score (nSPS) is 24.3. The molecule has 2 aliphatic heterocycles. The number of ether oxygens (including phenoxy) is 4. The number of carbonyl (C=O) groups is 1. The molecule has 0 radical (unpaired) electrons. The average Bonchev–Trinajstić information content (AvgIpc) is 3.46. The minimum Gasteiger partial charge on any atom is -0.394 e. The largest absolute Gasteiger partial charge is 0.394 e. The smallest absolute Gasteiger partial charge is 0.220 e. The van der Waals surface area contributed by atoms with E-state index in [1.807, 2.05) is 0 Å². The van der Waals surface area contributed by atoms with E-state index in [-0.39, 0.29) is 12.5 Å². The van der Waals surface area contributed by atoms with E-state index in [2.05, 4.69) is 43.5 Å². The number of amides is 1. The van der Waals surface area contributed by atoms with Gasteiger partial charge < -0.3 is 65.1 Å².